The number of carbonyl (C=O) groups excluding carboxylic acids is 4. The van der Waals surface area contributed by atoms with Gasteiger partial charge in [0.1, 0.15) is 0 Å². The maximum absolute atomic E-state index is 10.9. The Kier molecular flexibility index (Phi) is 32.8. The number of hydrogen-bond donors (Lipinski definition) is 0. The molecule has 196 valence electrons. The minimum absolute atomic E-state index is 0. The second-order valence-electron chi connectivity index (χ2n) is 7.88. The first-order valence-electron chi connectivity index (χ1n) is 12.4. The first-order chi connectivity index (χ1) is 16.3. The third kappa shape index (κ3) is 37.0. The molecule has 0 heterocycles. The molecule has 8 nitrogen and oxygen atoms in total. The molecule has 0 aromatic heterocycles. The van der Waals surface area contributed by atoms with Crippen LogP contribution < -0.4 is 10.2 Å². The number of carboxylic acids is 2. The number of carbonyl (C=O) groups is 4. The number of hydrogen-bond acceptors (Lipinski definition) is 8. The topological polar surface area (TPSA) is 133 Å². The first-order valence-corrected chi connectivity index (χ1v) is 12.4. The Morgan fingerprint density at radius 2 is 0.800 bits per heavy atom. The van der Waals surface area contributed by atoms with Crippen molar-refractivity contribution in [2.24, 2.45) is 0 Å². The Bertz CT molecular complexity index is 550. The zero-order chi connectivity index (χ0) is 25.9. The van der Waals surface area contributed by atoms with E-state index >= 15 is 0 Å². The van der Waals surface area contributed by atoms with Gasteiger partial charge in [-0.25, -0.2) is 9.59 Å². The van der Waals surface area contributed by atoms with Gasteiger partial charge in [-0.3, -0.25) is 0 Å². The predicted octanol–water partition coefficient (Wildman–Crippen LogP) is 3.17. The van der Waals surface area contributed by atoms with Gasteiger partial charge in [-0.2, -0.15) is 0 Å². The van der Waals surface area contributed by atoms with Crippen LogP contribution in [0.15, 0.2) is 24.3 Å². The normalized spacial score (nSPS) is 10.3. The molecule has 9 heteroatoms. The molecule has 0 bridgehead atoms. The van der Waals surface area contributed by atoms with Gasteiger partial charge in [0.05, 0.1) is 25.2 Å². The van der Waals surface area contributed by atoms with E-state index in [1.165, 1.54) is 51.4 Å². The summed E-state index contributed by atoms with van der Waals surface area (Å²) >= 11 is 0. The summed E-state index contributed by atoms with van der Waals surface area (Å²) in [6.45, 7) is 5.06. The second-order valence-corrected chi connectivity index (χ2v) is 7.88. The molecule has 0 fully saturated rings. The fraction of sp³-hybridized carbons (Fsp3) is 0.692. The molecule has 35 heavy (non-hydrogen) atoms. The van der Waals surface area contributed by atoms with Crippen molar-refractivity contribution >= 4 is 23.9 Å². The molecular weight excluding hydrogens is 553 g/mol. The molecule has 0 aliphatic carbocycles. The van der Waals surface area contributed by atoms with Crippen molar-refractivity contribution in [2.45, 2.75) is 104 Å². The third-order valence-electron chi connectivity index (χ3n) is 4.70. The number of unbranched alkanes of at least 4 members (excludes halogenated alkanes) is 12. The van der Waals surface area contributed by atoms with Crippen LogP contribution in [0.4, 0.5) is 0 Å². The van der Waals surface area contributed by atoms with E-state index in [4.69, 9.17) is 9.47 Å². The standard InChI is InChI=1S/2C13H22O4.Cd/c2*1-2-3-4-5-6-7-8-11-17-13(16)10-9-12(14)15;/h2*9-10H,2-8,11H2,1H3,(H,14,15);/q;;+2/p-2/b2*10-9-;. The summed E-state index contributed by atoms with van der Waals surface area (Å²) < 4.78 is 9.61. The molecule has 0 aliphatic rings. The monoisotopic (exact) mass is 596 g/mol. The summed E-state index contributed by atoms with van der Waals surface area (Å²) in [5, 5.41) is 20.0. The van der Waals surface area contributed by atoms with Crippen LogP contribution in [0, 0.1) is 0 Å². The maximum Gasteiger partial charge on any atom is 2.00 e. The summed E-state index contributed by atoms with van der Waals surface area (Å²) in [5.74, 6) is -4.03. The third-order valence-corrected chi connectivity index (χ3v) is 4.70. The predicted molar refractivity (Wildman–Crippen MR) is 126 cm³/mol. The summed E-state index contributed by atoms with van der Waals surface area (Å²) in [6.07, 6.45) is 19.2. The number of ether oxygens (including phenoxy) is 2. The van der Waals surface area contributed by atoms with E-state index in [2.05, 4.69) is 13.8 Å². The molecule has 0 N–H and O–H groups in total. The Balaban J connectivity index is -0.000000569. The molecule has 0 unspecified atom stereocenters. The van der Waals surface area contributed by atoms with Crippen LogP contribution in [-0.2, 0) is 56.0 Å². The zero-order valence-electron chi connectivity index (χ0n) is 21.6. The van der Waals surface area contributed by atoms with Crippen molar-refractivity contribution in [3.8, 4) is 0 Å². The van der Waals surface area contributed by atoms with E-state index in [-0.39, 0.29) is 27.3 Å². The summed E-state index contributed by atoms with van der Waals surface area (Å²) in [6, 6.07) is 0. The molecule has 0 saturated carbocycles. The SMILES string of the molecule is CCCCCCCCCOC(=O)/C=C\C(=O)[O-].CCCCCCCCCOC(=O)/C=C\C(=O)[O-].[Cd+2]. The Labute approximate surface area is 230 Å². The first kappa shape index (κ1) is 37.8. The quantitative estimate of drug-likeness (QED) is 0.0908. The van der Waals surface area contributed by atoms with Gasteiger partial charge in [0, 0.05) is 12.2 Å². The molecule has 0 aliphatic heterocycles. The molecule has 0 aromatic rings. The van der Waals surface area contributed by atoms with Crippen molar-refractivity contribution in [3.05, 3.63) is 24.3 Å². The number of carboxylic acid groups (broad SMARTS) is 2. The minimum atomic E-state index is -1.39. The van der Waals surface area contributed by atoms with Gasteiger partial charge >= 0.3 is 39.2 Å². The van der Waals surface area contributed by atoms with Gasteiger partial charge in [0.25, 0.3) is 0 Å². The summed E-state index contributed by atoms with van der Waals surface area (Å²) in [5.41, 5.74) is 0. The van der Waals surface area contributed by atoms with Crippen LogP contribution in [0.25, 0.3) is 0 Å². The van der Waals surface area contributed by atoms with Crippen LogP contribution in [-0.4, -0.2) is 37.1 Å². The zero-order valence-corrected chi connectivity index (χ0v) is 25.6. The largest absolute Gasteiger partial charge is 2.00 e. The van der Waals surface area contributed by atoms with Crippen LogP contribution in [0.1, 0.15) is 104 Å². The smallest absolute Gasteiger partial charge is 0.545 e. The molecule has 0 spiro atoms. The molecule has 0 aromatic carbocycles. The van der Waals surface area contributed by atoms with Gasteiger partial charge in [0.15, 0.2) is 0 Å². The molecule has 0 saturated heterocycles. The van der Waals surface area contributed by atoms with Crippen LogP contribution in [0.5, 0.6) is 0 Å². The Morgan fingerprint density at radius 1 is 0.514 bits per heavy atom. The van der Waals surface area contributed by atoms with E-state index in [0.717, 1.165) is 50.7 Å². The molecule has 0 amide bonds. The summed E-state index contributed by atoms with van der Waals surface area (Å²) in [7, 11) is 0. The molecule has 0 rings (SSSR count). The minimum Gasteiger partial charge on any atom is -0.545 e. The van der Waals surface area contributed by atoms with E-state index in [0.29, 0.717) is 25.4 Å². The average Bonchev–Trinajstić information content (AvgIpc) is 2.80. The molecular formula is C26H42CdO8. The van der Waals surface area contributed by atoms with Crippen molar-refractivity contribution in [1.82, 2.24) is 0 Å². The fourth-order valence-electron chi connectivity index (χ4n) is 2.83. The van der Waals surface area contributed by atoms with Crippen LogP contribution >= 0.6 is 0 Å². The Morgan fingerprint density at radius 3 is 1.09 bits per heavy atom. The van der Waals surface area contributed by atoms with E-state index in [9.17, 15) is 29.4 Å². The van der Waals surface area contributed by atoms with Crippen molar-refractivity contribution < 1.29 is 66.2 Å². The summed E-state index contributed by atoms with van der Waals surface area (Å²) in [4.78, 5) is 41.8. The van der Waals surface area contributed by atoms with Gasteiger partial charge in [-0.1, -0.05) is 90.9 Å². The molecule has 0 radical (unpaired) electrons. The van der Waals surface area contributed by atoms with E-state index in [1.807, 2.05) is 0 Å². The van der Waals surface area contributed by atoms with Gasteiger partial charge in [0.2, 0.25) is 0 Å². The van der Waals surface area contributed by atoms with Crippen molar-refractivity contribution in [1.29, 1.82) is 0 Å². The van der Waals surface area contributed by atoms with Crippen LogP contribution in [0.3, 0.4) is 0 Å². The number of rotatable bonds is 20. The second kappa shape index (κ2) is 30.3. The van der Waals surface area contributed by atoms with Crippen LogP contribution in [0.2, 0.25) is 0 Å². The van der Waals surface area contributed by atoms with Gasteiger partial charge in [-0.05, 0) is 25.0 Å². The van der Waals surface area contributed by atoms with Crippen molar-refractivity contribution in [2.75, 3.05) is 13.2 Å². The van der Waals surface area contributed by atoms with Gasteiger partial charge in [-0.15, -0.1) is 0 Å². The number of esters is 2. The van der Waals surface area contributed by atoms with E-state index in [1.54, 1.807) is 0 Å². The fourth-order valence-corrected chi connectivity index (χ4v) is 2.83. The average molecular weight is 595 g/mol. The number of aliphatic carboxylic acids is 2. The van der Waals surface area contributed by atoms with E-state index < -0.39 is 23.9 Å². The maximum atomic E-state index is 10.9. The Hall–Kier alpha value is -1.72. The van der Waals surface area contributed by atoms with Crippen molar-refractivity contribution in [3.63, 3.8) is 0 Å². The van der Waals surface area contributed by atoms with Gasteiger partial charge < -0.3 is 29.3 Å². The molecule has 0 atom stereocenters.